The van der Waals surface area contributed by atoms with Gasteiger partial charge in [0.15, 0.2) is 0 Å². The van der Waals surface area contributed by atoms with E-state index < -0.39 is 0 Å². The smallest absolute Gasteiger partial charge is 0.0787 e. The lowest BCUT2D eigenvalue weighted by Gasteiger charge is -2.26. The second-order valence-electron chi connectivity index (χ2n) is 4.38. The Hall–Kier alpha value is -1.02. The van der Waals surface area contributed by atoms with Crippen LogP contribution in [0.15, 0.2) is 24.3 Å². The van der Waals surface area contributed by atoms with Crippen LogP contribution in [0.3, 0.4) is 0 Å². The van der Waals surface area contributed by atoms with Crippen molar-refractivity contribution in [2.24, 2.45) is 0 Å². The summed E-state index contributed by atoms with van der Waals surface area (Å²) in [5, 5.41) is 9.70. The molecular weight excluding hydrogens is 198 g/mol. The molecule has 1 rings (SSSR count). The quantitative estimate of drug-likeness (QED) is 0.824. The largest absolute Gasteiger partial charge is 0.388 e. The maximum absolute atomic E-state index is 9.70. The second-order valence-corrected chi connectivity index (χ2v) is 4.38. The summed E-state index contributed by atoms with van der Waals surface area (Å²) in [5.74, 6) is 0. The van der Waals surface area contributed by atoms with Gasteiger partial charge in [-0.25, -0.2) is 0 Å². The number of rotatable bonds is 5. The van der Waals surface area contributed by atoms with E-state index in [1.165, 1.54) is 5.69 Å². The average Bonchev–Trinajstić information content (AvgIpc) is 2.36. The molecule has 0 aliphatic heterocycles. The highest BCUT2D eigenvalue weighted by Gasteiger charge is 2.09. The number of hydrogen-bond donors (Lipinski definition) is 1. The molecule has 0 heterocycles. The molecule has 0 aromatic heterocycles. The van der Waals surface area contributed by atoms with Gasteiger partial charge in [0.25, 0.3) is 0 Å². The Morgan fingerprint density at radius 2 is 1.69 bits per heavy atom. The summed E-state index contributed by atoms with van der Waals surface area (Å²) in [6.45, 7) is 6.40. The lowest BCUT2D eigenvalue weighted by atomic mass is 10.1. The van der Waals surface area contributed by atoms with E-state index in [0.29, 0.717) is 6.04 Å². The minimum Gasteiger partial charge on any atom is -0.388 e. The lowest BCUT2D eigenvalue weighted by molar-refractivity contribution is 0.173. The summed E-state index contributed by atoms with van der Waals surface area (Å²) in [6, 6.07) is 8.74. The fourth-order valence-corrected chi connectivity index (χ4v) is 1.70. The van der Waals surface area contributed by atoms with E-state index in [9.17, 15) is 5.11 Å². The summed E-state index contributed by atoms with van der Waals surface area (Å²) in [6.07, 6.45) is 1.57. The summed E-state index contributed by atoms with van der Waals surface area (Å²) in [7, 11) is 2.11. The SMILES string of the molecule is CCC(C)N(C)c1ccc([C@@H](O)CC)cc1. The highest BCUT2D eigenvalue weighted by Crippen LogP contribution is 2.21. The van der Waals surface area contributed by atoms with Gasteiger partial charge >= 0.3 is 0 Å². The van der Waals surface area contributed by atoms with Crippen LogP contribution in [0.2, 0.25) is 0 Å². The molecule has 0 saturated heterocycles. The summed E-state index contributed by atoms with van der Waals surface area (Å²) >= 11 is 0. The van der Waals surface area contributed by atoms with Gasteiger partial charge in [-0.3, -0.25) is 0 Å². The maximum atomic E-state index is 9.70. The van der Waals surface area contributed by atoms with Gasteiger partial charge in [-0.2, -0.15) is 0 Å². The Morgan fingerprint density at radius 3 is 2.12 bits per heavy atom. The van der Waals surface area contributed by atoms with E-state index in [0.717, 1.165) is 18.4 Å². The molecule has 90 valence electrons. The Labute approximate surface area is 98.9 Å². The second kappa shape index (κ2) is 5.90. The predicted octanol–water partition coefficient (Wildman–Crippen LogP) is 3.36. The number of benzene rings is 1. The fraction of sp³-hybridized carbons (Fsp3) is 0.571. The molecule has 0 spiro atoms. The standard InChI is InChI=1S/C14H23NO/c1-5-11(3)15(4)13-9-7-12(8-10-13)14(16)6-2/h7-11,14,16H,5-6H2,1-4H3/t11?,14-/m0/s1. The summed E-state index contributed by atoms with van der Waals surface area (Å²) in [4.78, 5) is 2.27. The number of aliphatic hydroxyl groups excluding tert-OH is 1. The first kappa shape index (κ1) is 13.0. The maximum Gasteiger partial charge on any atom is 0.0787 e. The van der Waals surface area contributed by atoms with E-state index in [-0.39, 0.29) is 6.10 Å². The monoisotopic (exact) mass is 221 g/mol. The van der Waals surface area contributed by atoms with Crippen LogP contribution in [-0.4, -0.2) is 18.2 Å². The third-order valence-electron chi connectivity index (χ3n) is 3.32. The first-order valence-corrected chi connectivity index (χ1v) is 6.11. The number of anilines is 1. The minimum absolute atomic E-state index is 0.331. The van der Waals surface area contributed by atoms with Crippen molar-refractivity contribution in [3.8, 4) is 0 Å². The predicted molar refractivity (Wildman–Crippen MR) is 69.8 cm³/mol. The van der Waals surface area contributed by atoms with Crippen molar-refractivity contribution in [1.29, 1.82) is 0 Å². The number of nitrogens with zero attached hydrogens (tertiary/aromatic N) is 1. The molecule has 0 fully saturated rings. The van der Waals surface area contributed by atoms with E-state index in [1.54, 1.807) is 0 Å². The topological polar surface area (TPSA) is 23.5 Å². The molecule has 16 heavy (non-hydrogen) atoms. The van der Waals surface area contributed by atoms with Gasteiger partial charge < -0.3 is 10.0 Å². The van der Waals surface area contributed by atoms with Crippen molar-refractivity contribution in [2.75, 3.05) is 11.9 Å². The molecule has 0 bridgehead atoms. The first-order valence-electron chi connectivity index (χ1n) is 6.11. The average molecular weight is 221 g/mol. The molecule has 1 N–H and O–H groups in total. The molecule has 2 atom stereocenters. The minimum atomic E-state index is -0.331. The zero-order valence-corrected chi connectivity index (χ0v) is 10.8. The fourth-order valence-electron chi connectivity index (χ4n) is 1.70. The Balaban J connectivity index is 2.78. The summed E-state index contributed by atoms with van der Waals surface area (Å²) in [5.41, 5.74) is 2.21. The zero-order chi connectivity index (χ0) is 12.1. The molecule has 1 aromatic rings. The van der Waals surface area contributed by atoms with Crippen LogP contribution in [-0.2, 0) is 0 Å². The molecule has 0 saturated carbocycles. The van der Waals surface area contributed by atoms with Gasteiger partial charge in [0, 0.05) is 18.8 Å². The third kappa shape index (κ3) is 2.99. The van der Waals surface area contributed by atoms with Crippen LogP contribution < -0.4 is 4.90 Å². The van der Waals surface area contributed by atoms with Crippen LogP contribution in [0.1, 0.15) is 45.3 Å². The molecular formula is C14H23NO. The van der Waals surface area contributed by atoms with E-state index in [2.05, 4.69) is 37.9 Å². The first-order chi connectivity index (χ1) is 7.60. The van der Waals surface area contributed by atoms with Crippen molar-refractivity contribution in [2.45, 2.75) is 45.8 Å². The summed E-state index contributed by atoms with van der Waals surface area (Å²) < 4.78 is 0. The van der Waals surface area contributed by atoms with E-state index in [1.807, 2.05) is 19.1 Å². The van der Waals surface area contributed by atoms with Crippen LogP contribution >= 0.6 is 0 Å². The van der Waals surface area contributed by atoms with Crippen LogP contribution in [0, 0.1) is 0 Å². The highest BCUT2D eigenvalue weighted by atomic mass is 16.3. The molecule has 2 heteroatoms. The van der Waals surface area contributed by atoms with Crippen molar-refractivity contribution in [1.82, 2.24) is 0 Å². The van der Waals surface area contributed by atoms with Crippen LogP contribution in [0.4, 0.5) is 5.69 Å². The van der Waals surface area contributed by atoms with Crippen molar-refractivity contribution < 1.29 is 5.11 Å². The Morgan fingerprint density at radius 1 is 1.12 bits per heavy atom. The van der Waals surface area contributed by atoms with Gasteiger partial charge in [0.05, 0.1) is 6.10 Å². The van der Waals surface area contributed by atoms with E-state index >= 15 is 0 Å². The molecule has 2 nitrogen and oxygen atoms in total. The van der Waals surface area contributed by atoms with E-state index in [4.69, 9.17) is 0 Å². The molecule has 0 radical (unpaired) electrons. The lowest BCUT2D eigenvalue weighted by Crippen LogP contribution is -2.27. The van der Waals surface area contributed by atoms with Gasteiger partial charge in [-0.15, -0.1) is 0 Å². The molecule has 1 aromatic carbocycles. The molecule has 0 aliphatic rings. The number of hydrogen-bond acceptors (Lipinski definition) is 2. The van der Waals surface area contributed by atoms with Gasteiger partial charge in [0.2, 0.25) is 0 Å². The molecule has 0 amide bonds. The van der Waals surface area contributed by atoms with Gasteiger partial charge in [-0.05, 0) is 37.5 Å². The van der Waals surface area contributed by atoms with Gasteiger partial charge in [-0.1, -0.05) is 26.0 Å². The normalized spacial score (nSPS) is 14.6. The van der Waals surface area contributed by atoms with Crippen molar-refractivity contribution in [3.63, 3.8) is 0 Å². The highest BCUT2D eigenvalue weighted by molar-refractivity contribution is 5.47. The van der Waals surface area contributed by atoms with Crippen LogP contribution in [0.5, 0.6) is 0 Å². The van der Waals surface area contributed by atoms with Crippen LogP contribution in [0.25, 0.3) is 0 Å². The molecule has 1 unspecified atom stereocenters. The zero-order valence-electron chi connectivity index (χ0n) is 10.8. The van der Waals surface area contributed by atoms with Crippen molar-refractivity contribution in [3.05, 3.63) is 29.8 Å². The molecule has 0 aliphatic carbocycles. The Kier molecular flexibility index (Phi) is 4.81. The third-order valence-corrected chi connectivity index (χ3v) is 3.32. The Bertz CT molecular complexity index is 307. The number of aliphatic hydroxyl groups is 1. The van der Waals surface area contributed by atoms with Crippen molar-refractivity contribution >= 4 is 5.69 Å². The van der Waals surface area contributed by atoms with Gasteiger partial charge in [0.1, 0.15) is 0 Å².